The van der Waals surface area contributed by atoms with E-state index in [1.807, 2.05) is 13.1 Å². The molecule has 1 saturated carbocycles. The fourth-order valence-corrected chi connectivity index (χ4v) is 2.15. The molecule has 0 spiro atoms. The minimum Gasteiger partial charge on any atom is -0.347 e. The van der Waals surface area contributed by atoms with Gasteiger partial charge in [0.1, 0.15) is 5.82 Å². The Bertz CT molecular complexity index is 435. The first-order chi connectivity index (χ1) is 8.66. The summed E-state index contributed by atoms with van der Waals surface area (Å²) in [6.07, 6.45) is 3.13. The summed E-state index contributed by atoms with van der Waals surface area (Å²) in [6.45, 7) is 0.834. The summed E-state index contributed by atoms with van der Waals surface area (Å²) in [5, 5.41) is 6.05. The first-order valence-corrected chi connectivity index (χ1v) is 6.38. The van der Waals surface area contributed by atoms with E-state index in [0.29, 0.717) is 6.42 Å². The van der Waals surface area contributed by atoms with Crippen molar-refractivity contribution >= 4 is 18.3 Å². The zero-order valence-corrected chi connectivity index (χ0v) is 11.9. The Kier molecular flexibility index (Phi) is 5.76. The molecule has 0 bridgehead atoms. The van der Waals surface area contributed by atoms with Crippen LogP contribution >= 0.6 is 12.4 Å². The van der Waals surface area contributed by atoms with Crippen molar-refractivity contribution in [2.24, 2.45) is 0 Å². The van der Waals surface area contributed by atoms with Crippen molar-refractivity contribution in [3.05, 3.63) is 35.6 Å². The number of hydrogen-bond donors (Lipinski definition) is 2. The third kappa shape index (κ3) is 4.18. The molecule has 1 aliphatic carbocycles. The molecule has 0 aromatic heterocycles. The molecule has 2 N–H and O–H groups in total. The third-order valence-corrected chi connectivity index (χ3v) is 3.34. The van der Waals surface area contributed by atoms with Crippen molar-refractivity contribution in [3.8, 4) is 0 Å². The van der Waals surface area contributed by atoms with Crippen molar-refractivity contribution in [1.29, 1.82) is 0 Å². The second kappa shape index (κ2) is 6.87. The van der Waals surface area contributed by atoms with Gasteiger partial charge in [-0.05, 0) is 50.6 Å². The van der Waals surface area contributed by atoms with Crippen LogP contribution in [0.1, 0.15) is 31.2 Å². The molecule has 1 aromatic rings. The fourth-order valence-electron chi connectivity index (χ4n) is 2.15. The minimum absolute atomic E-state index is 0. The minimum atomic E-state index is -0.307. The normalized spacial score (nSPS) is 15.5. The molecular weight excluding hydrogens is 267 g/mol. The molecular formula is C14H20ClFN2O. The van der Waals surface area contributed by atoms with Crippen molar-refractivity contribution in [3.63, 3.8) is 0 Å². The van der Waals surface area contributed by atoms with Gasteiger partial charge in [-0.1, -0.05) is 12.1 Å². The highest BCUT2D eigenvalue weighted by atomic mass is 35.5. The van der Waals surface area contributed by atoms with Gasteiger partial charge < -0.3 is 10.6 Å². The number of nitrogens with one attached hydrogen (secondary N) is 2. The SMILES string of the molecule is CNCCCC(=O)NC1(c2cccc(F)c2)CC1.Cl. The number of carbonyl (C=O) groups is 1. The molecule has 1 aromatic carbocycles. The molecule has 2 rings (SSSR count). The van der Waals surface area contributed by atoms with Gasteiger partial charge in [0.2, 0.25) is 5.91 Å². The van der Waals surface area contributed by atoms with Gasteiger partial charge in [-0.15, -0.1) is 12.4 Å². The van der Waals surface area contributed by atoms with Crippen LogP contribution in [0.5, 0.6) is 0 Å². The topological polar surface area (TPSA) is 41.1 Å². The van der Waals surface area contributed by atoms with E-state index >= 15 is 0 Å². The lowest BCUT2D eigenvalue weighted by Gasteiger charge is -2.18. The number of benzene rings is 1. The highest BCUT2D eigenvalue weighted by Crippen LogP contribution is 2.45. The lowest BCUT2D eigenvalue weighted by molar-refractivity contribution is -0.122. The quantitative estimate of drug-likeness (QED) is 0.788. The molecule has 0 unspecified atom stereocenters. The van der Waals surface area contributed by atoms with Crippen LogP contribution in [0.25, 0.3) is 0 Å². The third-order valence-electron chi connectivity index (χ3n) is 3.34. The maximum Gasteiger partial charge on any atom is 0.220 e. The Morgan fingerprint density at radius 1 is 1.42 bits per heavy atom. The van der Waals surface area contributed by atoms with Gasteiger partial charge in [0.25, 0.3) is 0 Å². The predicted molar refractivity (Wildman–Crippen MR) is 75.9 cm³/mol. The van der Waals surface area contributed by atoms with Crippen LogP contribution in [0.2, 0.25) is 0 Å². The standard InChI is InChI=1S/C14H19FN2O.ClH/c1-16-9-3-6-13(18)17-14(7-8-14)11-4-2-5-12(15)10-11;/h2,4-5,10,16H,3,6-9H2,1H3,(H,17,18);1H. The molecule has 1 aliphatic rings. The van der Waals surface area contributed by atoms with Crippen molar-refractivity contribution < 1.29 is 9.18 Å². The summed E-state index contributed by atoms with van der Waals surface area (Å²) < 4.78 is 13.2. The van der Waals surface area contributed by atoms with Gasteiger partial charge in [0.15, 0.2) is 0 Å². The number of halogens is 2. The lowest BCUT2D eigenvalue weighted by Crippen LogP contribution is -2.35. The summed E-state index contributed by atoms with van der Waals surface area (Å²) >= 11 is 0. The smallest absolute Gasteiger partial charge is 0.220 e. The Morgan fingerprint density at radius 2 is 2.16 bits per heavy atom. The number of rotatable bonds is 6. The monoisotopic (exact) mass is 286 g/mol. The largest absolute Gasteiger partial charge is 0.347 e. The van der Waals surface area contributed by atoms with E-state index in [2.05, 4.69) is 10.6 Å². The van der Waals surface area contributed by atoms with Crippen LogP contribution in [-0.2, 0) is 10.3 Å². The number of hydrogen-bond acceptors (Lipinski definition) is 2. The zero-order valence-electron chi connectivity index (χ0n) is 11.0. The molecule has 19 heavy (non-hydrogen) atoms. The van der Waals surface area contributed by atoms with Gasteiger partial charge in [-0.3, -0.25) is 4.79 Å². The Hall–Kier alpha value is -1.13. The Labute approximate surface area is 119 Å². The van der Waals surface area contributed by atoms with Crippen LogP contribution in [0.4, 0.5) is 4.39 Å². The Morgan fingerprint density at radius 3 is 2.74 bits per heavy atom. The van der Waals surface area contributed by atoms with Crippen molar-refractivity contribution in [2.45, 2.75) is 31.2 Å². The average molecular weight is 287 g/mol. The molecule has 0 aliphatic heterocycles. The van der Waals surface area contributed by atoms with Crippen LogP contribution in [0, 0.1) is 5.82 Å². The van der Waals surface area contributed by atoms with Gasteiger partial charge in [0, 0.05) is 6.42 Å². The highest BCUT2D eigenvalue weighted by Gasteiger charge is 2.45. The summed E-state index contributed by atoms with van der Waals surface area (Å²) in [4.78, 5) is 11.8. The van der Waals surface area contributed by atoms with Gasteiger partial charge in [-0.2, -0.15) is 0 Å². The van der Waals surface area contributed by atoms with Gasteiger partial charge in [0.05, 0.1) is 5.54 Å². The molecule has 5 heteroatoms. The van der Waals surface area contributed by atoms with Crippen LogP contribution in [0.15, 0.2) is 24.3 Å². The summed E-state index contributed by atoms with van der Waals surface area (Å²) in [5.74, 6) is -0.199. The Balaban J connectivity index is 0.00000180. The van der Waals surface area contributed by atoms with Gasteiger partial charge in [-0.25, -0.2) is 4.39 Å². The zero-order chi connectivity index (χ0) is 13.0. The van der Waals surface area contributed by atoms with E-state index in [9.17, 15) is 9.18 Å². The molecule has 0 radical (unpaired) electrons. The second-order valence-corrected chi connectivity index (χ2v) is 4.85. The molecule has 0 heterocycles. The maximum atomic E-state index is 13.2. The van der Waals surface area contributed by atoms with Gasteiger partial charge >= 0.3 is 0 Å². The molecule has 106 valence electrons. The molecule has 0 atom stereocenters. The molecule has 1 amide bonds. The van der Waals surface area contributed by atoms with Crippen molar-refractivity contribution in [1.82, 2.24) is 10.6 Å². The van der Waals surface area contributed by atoms with Crippen LogP contribution < -0.4 is 10.6 Å². The molecule has 3 nitrogen and oxygen atoms in total. The van der Waals surface area contributed by atoms with Crippen LogP contribution in [0.3, 0.4) is 0 Å². The maximum absolute atomic E-state index is 13.2. The first-order valence-electron chi connectivity index (χ1n) is 6.38. The van der Waals surface area contributed by atoms with E-state index in [0.717, 1.165) is 31.4 Å². The van der Waals surface area contributed by atoms with E-state index in [4.69, 9.17) is 0 Å². The molecule has 1 fully saturated rings. The summed E-state index contributed by atoms with van der Waals surface area (Å²) in [5.41, 5.74) is 0.572. The average Bonchev–Trinajstić information content (AvgIpc) is 3.10. The summed E-state index contributed by atoms with van der Waals surface area (Å²) in [7, 11) is 1.87. The van der Waals surface area contributed by atoms with Crippen LogP contribution in [-0.4, -0.2) is 19.5 Å². The number of amides is 1. The second-order valence-electron chi connectivity index (χ2n) is 4.85. The predicted octanol–water partition coefficient (Wildman–Crippen LogP) is 2.35. The molecule has 0 saturated heterocycles. The lowest BCUT2D eigenvalue weighted by atomic mass is 10.0. The van der Waals surface area contributed by atoms with E-state index in [-0.39, 0.29) is 29.7 Å². The van der Waals surface area contributed by atoms with E-state index in [1.165, 1.54) is 12.1 Å². The highest BCUT2D eigenvalue weighted by molar-refractivity contribution is 5.85. The fraction of sp³-hybridized carbons (Fsp3) is 0.500. The van der Waals surface area contributed by atoms with E-state index in [1.54, 1.807) is 6.07 Å². The van der Waals surface area contributed by atoms with E-state index < -0.39 is 0 Å². The first kappa shape index (κ1) is 15.9. The van der Waals surface area contributed by atoms with Crippen molar-refractivity contribution in [2.75, 3.05) is 13.6 Å². The number of carbonyl (C=O) groups excluding carboxylic acids is 1. The summed E-state index contributed by atoms with van der Waals surface area (Å²) in [6, 6.07) is 6.51.